The lowest BCUT2D eigenvalue weighted by Crippen LogP contribution is -2.40. The van der Waals surface area contributed by atoms with Crippen LogP contribution in [0.5, 0.6) is 0 Å². The van der Waals surface area contributed by atoms with Crippen molar-refractivity contribution in [2.24, 2.45) is 5.92 Å². The number of Topliss-reactive ketones (excluding diaryl/α,β-unsaturated/α-hetero) is 1. The Morgan fingerprint density at radius 2 is 1.73 bits per heavy atom. The van der Waals surface area contributed by atoms with Crippen LogP contribution in [0.25, 0.3) is 10.6 Å². The highest BCUT2D eigenvalue weighted by molar-refractivity contribution is 7.13. The van der Waals surface area contributed by atoms with Gasteiger partial charge in [-0.1, -0.05) is 12.1 Å². The van der Waals surface area contributed by atoms with Crippen LogP contribution in [0, 0.1) is 23.4 Å². The smallest absolute Gasteiger partial charge is 0.273 e. The van der Waals surface area contributed by atoms with E-state index in [1.807, 2.05) is 0 Å². The van der Waals surface area contributed by atoms with E-state index in [1.54, 1.807) is 28.5 Å². The van der Waals surface area contributed by atoms with Crippen molar-refractivity contribution in [3.8, 4) is 10.6 Å². The Morgan fingerprint density at radius 3 is 2.47 bits per heavy atom. The lowest BCUT2D eigenvalue weighted by molar-refractivity contribution is 0.0645. The number of amides is 1. The topological polar surface area (TPSA) is 50.3 Å². The maximum absolute atomic E-state index is 13.9. The molecule has 0 radical (unpaired) electrons. The van der Waals surface area contributed by atoms with Gasteiger partial charge in [-0.3, -0.25) is 9.59 Å². The number of nitrogens with zero attached hydrogens (tertiary/aromatic N) is 2. The molecule has 1 amide bonds. The molecule has 0 spiro atoms. The first kappa shape index (κ1) is 20.3. The quantitative estimate of drug-likeness (QED) is 0.550. The minimum atomic E-state index is -0.747. The molecular formula is C22H17F3N2O2S. The fourth-order valence-electron chi connectivity index (χ4n) is 3.54. The maximum atomic E-state index is 13.9. The van der Waals surface area contributed by atoms with Gasteiger partial charge in [-0.25, -0.2) is 18.2 Å². The van der Waals surface area contributed by atoms with Gasteiger partial charge in [0.15, 0.2) is 5.78 Å². The summed E-state index contributed by atoms with van der Waals surface area (Å²) in [5.74, 6) is -3.04. The summed E-state index contributed by atoms with van der Waals surface area (Å²) in [6, 6.07) is 9.04. The van der Waals surface area contributed by atoms with Crippen LogP contribution in [0.3, 0.4) is 0 Å². The molecule has 3 aromatic rings. The summed E-state index contributed by atoms with van der Waals surface area (Å²) in [5.41, 5.74) is 0.302. The molecule has 1 fully saturated rings. The highest BCUT2D eigenvalue weighted by Crippen LogP contribution is 2.28. The van der Waals surface area contributed by atoms with Crippen LogP contribution in [0.2, 0.25) is 0 Å². The average molecular weight is 430 g/mol. The van der Waals surface area contributed by atoms with E-state index in [1.165, 1.54) is 17.4 Å². The van der Waals surface area contributed by atoms with Gasteiger partial charge >= 0.3 is 0 Å². The van der Waals surface area contributed by atoms with Crippen LogP contribution in [0.1, 0.15) is 33.7 Å². The van der Waals surface area contributed by atoms with Crippen molar-refractivity contribution in [2.75, 3.05) is 13.1 Å². The van der Waals surface area contributed by atoms with Crippen molar-refractivity contribution in [1.82, 2.24) is 9.88 Å². The highest BCUT2D eigenvalue weighted by atomic mass is 32.1. The summed E-state index contributed by atoms with van der Waals surface area (Å²) in [6.45, 7) is 0.609. The third-order valence-corrected chi connectivity index (χ3v) is 6.05. The van der Waals surface area contributed by atoms with Gasteiger partial charge in [0.2, 0.25) is 0 Å². The van der Waals surface area contributed by atoms with E-state index in [0.29, 0.717) is 36.5 Å². The Kier molecular flexibility index (Phi) is 5.67. The fourth-order valence-corrected chi connectivity index (χ4v) is 4.36. The van der Waals surface area contributed by atoms with Crippen LogP contribution in [0.15, 0.2) is 47.8 Å². The first-order valence-electron chi connectivity index (χ1n) is 9.43. The summed E-state index contributed by atoms with van der Waals surface area (Å²) in [5, 5.41) is 2.01. The van der Waals surface area contributed by atoms with Crippen molar-refractivity contribution < 1.29 is 22.8 Å². The van der Waals surface area contributed by atoms with E-state index < -0.39 is 29.2 Å². The molecule has 154 valence electrons. The molecule has 0 aliphatic carbocycles. The van der Waals surface area contributed by atoms with Crippen molar-refractivity contribution in [3.63, 3.8) is 0 Å². The molecule has 1 saturated heterocycles. The number of hydrogen-bond donors (Lipinski definition) is 0. The number of piperidine rings is 1. The zero-order chi connectivity index (χ0) is 21.3. The molecule has 0 saturated carbocycles. The number of thiazole rings is 1. The number of ketones is 1. The first-order chi connectivity index (χ1) is 14.4. The predicted molar refractivity (Wildman–Crippen MR) is 107 cm³/mol. The number of rotatable bonds is 4. The van der Waals surface area contributed by atoms with Crippen LogP contribution in [0.4, 0.5) is 13.2 Å². The van der Waals surface area contributed by atoms with E-state index in [9.17, 15) is 22.8 Å². The van der Waals surface area contributed by atoms with E-state index in [2.05, 4.69) is 4.98 Å². The number of likely N-dealkylation sites (tertiary alicyclic amines) is 1. The summed E-state index contributed by atoms with van der Waals surface area (Å²) in [4.78, 5) is 31.2. The number of carbonyl (C=O) groups is 2. The van der Waals surface area contributed by atoms with Gasteiger partial charge in [-0.05, 0) is 43.2 Å². The molecule has 0 N–H and O–H groups in total. The predicted octanol–water partition coefficient (Wildman–Crippen LogP) is 4.96. The number of halogens is 3. The Balaban J connectivity index is 1.42. The second kappa shape index (κ2) is 8.39. The van der Waals surface area contributed by atoms with Gasteiger partial charge in [0.1, 0.15) is 28.2 Å². The zero-order valence-corrected chi connectivity index (χ0v) is 16.6. The fraction of sp³-hybridized carbons (Fsp3) is 0.227. The normalized spacial score (nSPS) is 14.7. The van der Waals surface area contributed by atoms with Crippen LogP contribution in [-0.4, -0.2) is 34.7 Å². The SMILES string of the molecule is O=C(c1cc(F)ccc1F)C1CCN(C(=O)c2csc(-c3ccccc3F)n2)CC1. The number of benzene rings is 2. The van der Waals surface area contributed by atoms with E-state index >= 15 is 0 Å². The van der Waals surface area contributed by atoms with E-state index in [-0.39, 0.29) is 17.2 Å². The Bertz CT molecular complexity index is 1110. The van der Waals surface area contributed by atoms with Crippen LogP contribution in [-0.2, 0) is 0 Å². The molecule has 2 heterocycles. The summed E-state index contributed by atoms with van der Waals surface area (Å²) < 4.78 is 41.2. The molecule has 1 aromatic heterocycles. The zero-order valence-electron chi connectivity index (χ0n) is 15.8. The van der Waals surface area contributed by atoms with Gasteiger partial charge in [0.05, 0.1) is 5.56 Å². The number of aromatic nitrogens is 1. The van der Waals surface area contributed by atoms with Crippen molar-refractivity contribution in [1.29, 1.82) is 0 Å². The van der Waals surface area contributed by atoms with Crippen LogP contribution >= 0.6 is 11.3 Å². The van der Waals surface area contributed by atoms with Gasteiger partial charge in [-0.15, -0.1) is 11.3 Å². The Hall–Kier alpha value is -3.00. The van der Waals surface area contributed by atoms with E-state index in [4.69, 9.17) is 0 Å². The molecule has 1 aliphatic heterocycles. The molecule has 0 bridgehead atoms. The molecule has 30 heavy (non-hydrogen) atoms. The second-order valence-corrected chi connectivity index (χ2v) is 7.93. The minimum absolute atomic E-state index is 0.221. The molecule has 4 rings (SSSR count). The van der Waals surface area contributed by atoms with Gasteiger partial charge < -0.3 is 4.90 Å². The maximum Gasteiger partial charge on any atom is 0.273 e. The Labute approximate surface area is 175 Å². The van der Waals surface area contributed by atoms with Crippen LogP contribution < -0.4 is 0 Å². The summed E-state index contributed by atoms with van der Waals surface area (Å²) in [6.07, 6.45) is 0.704. The van der Waals surface area contributed by atoms with Crippen molar-refractivity contribution in [2.45, 2.75) is 12.8 Å². The molecular weight excluding hydrogens is 413 g/mol. The van der Waals surface area contributed by atoms with Gasteiger partial charge in [0, 0.05) is 30.0 Å². The second-order valence-electron chi connectivity index (χ2n) is 7.07. The molecule has 4 nitrogen and oxygen atoms in total. The third-order valence-electron chi connectivity index (χ3n) is 5.17. The average Bonchev–Trinajstić information content (AvgIpc) is 3.25. The van der Waals surface area contributed by atoms with Gasteiger partial charge in [0.25, 0.3) is 5.91 Å². The first-order valence-corrected chi connectivity index (χ1v) is 10.3. The molecule has 1 aliphatic rings. The largest absolute Gasteiger partial charge is 0.337 e. The standard InChI is InChI=1S/C22H17F3N2O2S/c23-14-5-6-18(25)16(11-14)20(28)13-7-9-27(10-8-13)22(29)19-12-30-21(26-19)15-3-1-2-4-17(15)24/h1-6,11-13H,7-10H2. The van der Waals surface area contributed by atoms with Crippen molar-refractivity contribution in [3.05, 3.63) is 76.6 Å². The summed E-state index contributed by atoms with van der Waals surface area (Å²) in [7, 11) is 0. The lowest BCUT2D eigenvalue weighted by Gasteiger charge is -2.31. The van der Waals surface area contributed by atoms with Gasteiger partial charge in [-0.2, -0.15) is 0 Å². The number of carbonyl (C=O) groups excluding carboxylic acids is 2. The number of hydrogen-bond acceptors (Lipinski definition) is 4. The monoisotopic (exact) mass is 430 g/mol. The Morgan fingerprint density at radius 1 is 1.00 bits per heavy atom. The van der Waals surface area contributed by atoms with E-state index in [0.717, 1.165) is 18.2 Å². The molecule has 0 unspecified atom stereocenters. The summed E-state index contributed by atoms with van der Waals surface area (Å²) >= 11 is 1.18. The highest BCUT2D eigenvalue weighted by Gasteiger charge is 2.30. The van der Waals surface area contributed by atoms with Crippen molar-refractivity contribution >= 4 is 23.0 Å². The molecule has 2 aromatic carbocycles. The molecule has 0 atom stereocenters. The third kappa shape index (κ3) is 4.00. The minimum Gasteiger partial charge on any atom is -0.337 e. The lowest BCUT2D eigenvalue weighted by atomic mass is 9.88. The molecule has 8 heteroatoms.